The topological polar surface area (TPSA) is 28.7 Å². The van der Waals surface area contributed by atoms with Gasteiger partial charge in [0.25, 0.3) is 0 Å². The van der Waals surface area contributed by atoms with E-state index in [1.807, 2.05) is 0 Å². The average molecular weight is 288 g/mol. The second-order valence-electron chi connectivity index (χ2n) is 5.03. The molecule has 1 saturated carbocycles. The molecule has 0 spiro atoms. The molecule has 2 heterocycles. The number of nitrogens with one attached hydrogen (secondary N) is 1. The Labute approximate surface area is 114 Å². The van der Waals surface area contributed by atoms with Crippen LogP contribution in [0.25, 0.3) is 0 Å². The lowest BCUT2D eigenvalue weighted by atomic mass is 9.86. The molecule has 0 saturated heterocycles. The number of aromatic amines is 1. The van der Waals surface area contributed by atoms with E-state index in [9.17, 15) is 8.78 Å². The molecule has 2 nitrogen and oxygen atoms in total. The highest BCUT2D eigenvalue weighted by Crippen LogP contribution is 2.41. The molecule has 98 valence electrons. The molecule has 1 aliphatic carbocycles. The fourth-order valence-corrected chi connectivity index (χ4v) is 4.14. The fraction of sp³-hybridized carbons (Fsp3) is 0.667. The summed E-state index contributed by atoms with van der Waals surface area (Å²) in [4.78, 5) is 7.59. The van der Waals surface area contributed by atoms with E-state index < -0.39 is 5.92 Å². The van der Waals surface area contributed by atoms with Gasteiger partial charge in [0.05, 0.1) is 0 Å². The van der Waals surface area contributed by atoms with Crippen molar-refractivity contribution in [3.8, 4) is 0 Å². The third-order valence-electron chi connectivity index (χ3n) is 3.64. The molecule has 6 heteroatoms. The Hall–Kier alpha value is -0.490. The highest BCUT2D eigenvalue weighted by atomic mass is 32.2. The molecule has 1 aromatic heterocycles. The number of halogens is 2. The molecule has 2 aliphatic rings. The van der Waals surface area contributed by atoms with Crippen molar-refractivity contribution in [3.63, 3.8) is 0 Å². The highest BCUT2D eigenvalue weighted by Gasteiger charge is 2.38. The molecule has 0 aromatic carbocycles. The summed E-state index contributed by atoms with van der Waals surface area (Å²) < 4.78 is 27.5. The third-order valence-corrected chi connectivity index (χ3v) is 4.97. The van der Waals surface area contributed by atoms with Gasteiger partial charge in [-0.05, 0) is 12.8 Å². The second-order valence-corrected chi connectivity index (χ2v) is 6.40. The fourth-order valence-electron chi connectivity index (χ4n) is 2.69. The molecule has 1 aliphatic heterocycles. The summed E-state index contributed by atoms with van der Waals surface area (Å²) in [6.07, 6.45) is 1.24. The SMILES string of the molecule is FC1(F)CCCC(c2nc(=S)c3c([nH]2)CSC3)C1. The maximum absolute atomic E-state index is 13.4. The molecular formula is C12H14F2N2S2. The molecule has 1 aromatic rings. The monoisotopic (exact) mass is 288 g/mol. The van der Waals surface area contributed by atoms with E-state index in [4.69, 9.17) is 12.2 Å². The second kappa shape index (κ2) is 4.56. The Balaban J connectivity index is 1.93. The average Bonchev–Trinajstić information content (AvgIpc) is 2.76. The van der Waals surface area contributed by atoms with Crippen LogP contribution in [-0.4, -0.2) is 15.9 Å². The van der Waals surface area contributed by atoms with E-state index in [0.29, 0.717) is 16.9 Å². The van der Waals surface area contributed by atoms with Crippen molar-refractivity contribution in [2.45, 2.75) is 49.0 Å². The van der Waals surface area contributed by atoms with Gasteiger partial charge < -0.3 is 4.98 Å². The molecule has 0 radical (unpaired) electrons. The molecule has 0 bridgehead atoms. The molecule has 3 rings (SSSR count). The lowest BCUT2D eigenvalue weighted by molar-refractivity contribution is -0.0417. The van der Waals surface area contributed by atoms with E-state index in [0.717, 1.165) is 29.2 Å². The molecule has 18 heavy (non-hydrogen) atoms. The number of alkyl halides is 2. The zero-order chi connectivity index (χ0) is 12.8. The zero-order valence-corrected chi connectivity index (χ0v) is 11.5. The van der Waals surface area contributed by atoms with Gasteiger partial charge in [-0.25, -0.2) is 13.8 Å². The molecule has 1 unspecified atom stereocenters. The lowest BCUT2D eigenvalue weighted by Crippen LogP contribution is -2.26. The predicted molar refractivity (Wildman–Crippen MR) is 70.6 cm³/mol. The van der Waals surface area contributed by atoms with E-state index >= 15 is 0 Å². The van der Waals surface area contributed by atoms with E-state index in [2.05, 4.69) is 9.97 Å². The summed E-state index contributed by atoms with van der Waals surface area (Å²) in [5, 5.41) is 0. The van der Waals surface area contributed by atoms with E-state index in [1.165, 1.54) is 0 Å². The first-order valence-corrected chi connectivity index (χ1v) is 7.69. The first kappa shape index (κ1) is 12.5. The summed E-state index contributed by atoms with van der Waals surface area (Å²) in [5.74, 6) is -0.281. The lowest BCUT2D eigenvalue weighted by Gasteiger charge is -2.28. The van der Waals surface area contributed by atoms with Crippen molar-refractivity contribution in [3.05, 3.63) is 21.7 Å². The molecular weight excluding hydrogens is 274 g/mol. The summed E-state index contributed by atoms with van der Waals surface area (Å²) in [5.41, 5.74) is 2.17. The molecule has 0 amide bonds. The van der Waals surface area contributed by atoms with Crippen LogP contribution in [0.1, 0.15) is 48.7 Å². The first-order valence-electron chi connectivity index (χ1n) is 6.13. The van der Waals surface area contributed by atoms with Crippen LogP contribution in [0, 0.1) is 4.64 Å². The first-order chi connectivity index (χ1) is 8.55. The van der Waals surface area contributed by atoms with Crippen LogP contribution in [0.2, 0.25) is 0 Å². The van der Waals surface area contributed by atoms with Gasteiger partial charge in [-0.1, -0.05) is 12.2 Å². The Bertz CT molecular complexity index is 527. The van der Waals surface area contributed by atoms with Crippen LogP contribution in [-0.2, 0) is 11.5 Å². The molecule has 1 N–H and O–H groups in total. The predicted octanol–water partition coefficient (Wildman–Crippen LogP) is 4.18. The van der Waals surface area contributed by atoms with Crippen molar-refractivity contribution < 1.29 is 8.78 Å². The minimum atomic E-state index is -2.55. The maximum Gasteiger partial charge on any atom is 0.248 e. The number of hydrogen-bond donors (Lipinski definition) is 1. The number of nitrogens with zero attached hydrogens (tertiary/aromatic N) is 1. The van der Waals surface area contributed by atoms with Crippen LogP contribution < -0.4 is 0 Å². The van der Waals surface area contributed by atoms with Crippen molar-refractivity contribution in [1.29, 1.82) is 0 Å². The normalized spacial score (nSPS) is 26.0. The van der Waals surface area contributed by atoms with Gasteiger partial charge in [0, 0.05) is 41.5 Å². The van der Waals surface area contributed by atoms with Gasteiger partial charge in [-0.2, -0.15) is 11.8 Å². The summed E-state index contributed by atoms with van der Waals surface area (Å²) in [6.45, 7) is 0. The molecule has 1 fully saturated rings. The Kier molecular flexibility index (Phi) is 3.18. The van der Waals surface area contributed by atoms with Crippen molar-refractivity contribution in [1.82, 2.24) is 9.97 Å². The van der Waals surface area contributed by atoms with Gasteiger partial charge in [-0.15, -0.1) is 0 Å². The number of fused-ring (bicyclic) bond motifs is 1. The third kappa shape index (κ3) is 2.32. The van der Waals surface area contributed by atoms with E-state index in [-0.39, 0.29) is 18.8 Å². The van der Waals surface area contributed by atoms with Crippen LogP contribution in [0.3, 0.4) is 0 Å². The van der Waals surface area contributed by atoms with Crippen molar-refractivity contribution in [2.24, 2.45) is 0 Å². The van der Waals surface area contributed by atoms with E-state index in [1.54, 1.807) is 11.8 Å². The Morgan fingerprint density at radius 2 is 2.22 bits per heavy atom. The smallest absolute Gasteiger partial charge is 0.248 e. The quantitative estimate of drug-likeness (QED) is 0.786. The number of thioether (sulfide) groups is 1. The number of aromatic nitrogens is 2. The molecule has 1 atom stereocenters. The minimum absolute atomic E-state index is 0.00498. The van der Waals surface area contributed by atoms with Crippen LogP contribution in [0.5, 0.6) is 0 Å². The Morgan fingerprint density at radius 3 is 3.00 bits per heavy atom. The van der Waals surface area contributed by atoms with Crippen LogP contribution in [0.15, 0.2) is 0 Å². The summed E-state index contributed by atoms with van der Waals surface area (Å²) in [6, 6.07) is 0. The van der Waals surface area contributed by atoms with Crippen molar-refractivity contribution in [2.75, 3.05) is 0 Å². The maximum atomic E-state index is 13.4. The largest absolute Gasteiger partial charge is 0.346 e. The highest BCUT2D eigenvalue weighted by molar-refractivity contribution is 7.98. The van der Waals surface area contributed by atoms with Crippen LogP contribution >= 0.6 is 24.0 Å². The van der Waals surface area contributed by atoms with Gasteiger partial charge in [-0.3, -0.25) is 0 Å². The van der Waals surface area contributed by atoms with Gasteiger partial charge in [0.2, 0.25) is 5.92 Å². The Morgan fingerprint density at radius 1 is 1.39 bits per heavy atom. The van der Waals surface area contributed by atoms with Gasteiger partial charge >= 0.3 is 0 Å². The van der Waals surface area contributed by atoms with Gasteiger partial charge in [0.1, 0.15) is 10.5 Å². The minimum Gasteiger partial charge on any atom is -0.346 e. The van der Waals surface area contributed by atoms with Crippen LogP contribution in [0.4, 0.5) is 8.78 Å². The summed E-state index contributed by atoms with van der Waals surface area (Å²) in [7, 11) is 0. The standard InChI is InChI=1S/C12H14F2N2S2/c13-12(14)3-1-2-7(4-12)10-15-9-6-18-5-8(9)11(17)16-10/h7H,1-6H2,(H,15,16,17). The number of H-pyrrole nitrogens is 1. The summed E-state index contributed by atoms with van der Waals surface area (Å²) >= 11 is 7.05. The van der Waals surface area contributed by atoms with Crippen molar-refractivity contribution >= 4 is 24.0 Å². The number of rotatable bonds is 1. The number of hydrogen-bond acceptors (Lipinski definition) is 3. The van der Waals surface area contributed by atoms with Gasteiger partial charge in [0.15, 0.2) is 0 Å². The zero-order valence-electron chi connectivity index (χ0n) is 9.84.